The minimum atomic E-state index is -0.804. The first-order chi connectivity index (χ1) is 9.91. The quantitative estimate of drug-likeness (QED) is 0.556. The monoisotopic (exact) mass is 314 g/mol. The lowest BCUT2D eigenvalue weighted by Crippen LogP contribution is -2.49. The molecule has 0 amide bonds. The van der Waals surface area contributed by atoms with E-state index in [0.29, 0.717) is 18.0 Å². The van der Waals surface area contributed by atoms with Crippen LogP contribution in [0.3, 0.4) is 0 Å². The Labute approximate surface area is 125 Å². The number of rotatable bonds is 4. The van der Waals surface area contributed by atoms with Gasteiger partial charge < -0.3 is 10.1 Å². The molecule has 1 fully saturated rings. The summed E-state index contributed by atoms with van der Waals surface area (Å²) in [6, 6.07) is 0. The van der Waals surface area contributed by atoms with Gasteiger partial charge in [-0.2, -0.15) is 4.98 Å². The molecule has 0 aromatic carbocycles. The van der Waals surface area contributed by atoms with E-state index in [-0.39, 0.29) is 11.2 Å². The lowest BCUT2D eigenvalue weighted by Gasteiger charge is -2.25. The van der Waals surface area contributed by atoms with Gasteiger partial charge in [-0.25, -0.2) is 0 Å². The third-order valence-corrected chi connectivity index (χ3v) is 5.06. The number of esters is 1. The number of likely N-dealkylation sites (N-methyl/N-ethyl adjacent to an activating group) is 1. The molecule has 0 aliphatic heterocycles. The van der Waals surface area contributed by atoms with E-state index >= 15 is 0 Å². The van der Waals surface area contributed by atoms with Crippen molar-refractivity contribution in [2.75, 3.05) is 14.2 Å². The summed E-state index contributed by atoms with van der Waals surface area (Å²) >= 11 is 1.38. The highest BCUT2D eigenvalue weighted by Crippen LogP contribution is 2.39. The SMILES string of the molecule is CNC1(C(=O)OC)CCC(Sc2nc(=O)c(=O)[nH]n2C)C1. The Morgan fingerprint density at radius 1 is 1.57 bits per heavy atom. The van der Waals surface area contributed by atoms with Crippen LogP contribution in [0.5, 0.6) is 0 Å². The van der Waals surface area contributed by atoms with Gasteiger partial charge in [0.05, 0.1) is 7.11 Å². The number of aromatic nitrogens is 3. The number of carbonyl (C=O) groups excluding carboxylic acids is 1. The summed E-state index contributed by atoms with van der Waals surface area (Å²) < 4.78 is 6.28. The second kappa shape index (κ2) is 6.02. The van der Waals surface area contributed by atoms with Crippen molar-refractivity contribution in [1.82, 2.24) is 20.1 Å². The molecule has 2 unspecified atom stereocenters. The number of hydrogen-bond donors (Lipinski definition) is 2. The summed E-state index contributed by atoms with van der Waals surface area (Å²) in [7, 11) is 4.73. The van der Waals surface area contributed by atoms with Gasteiger partial charge in [-0.1, -0.05) is 11.8 Å². The highest BCUT2D eigenvalue weighted by molar-refractivity contribution is 7.99. The topological polar surface area (TPSA) is 106 Å². The fraction of sp³-hybridized carbons (Fsp3) is 0.667. The van der Waals surface area contributed by atoms with Crippen LogP contribution in [0.2, 0.25) is 0 Å². The molecule has 1 aliphatic rings. The number of nitrogens with one attached hydrogen (secondary N) is 2. The van der Waals surface area contributed by atoms with Crippen LogP contribution in [-0.2, 0) is 16.6 Å². The summed E-state index contributed by atoms with van der Waals surface area (Å²) in [5.74, 6) is -0.281. The van der Waals surface area contributed by atoms with E-state index < -0.39 is 16.7 Å². The lowest BCUT2D eigenvalue weighted by molar-refractivity contribution is -0.148. The lowest BCUT2D eigenvalue weighted by atomic mass is 9.98. The zero-order chi connectivity index (χ0) is 15.6. The van der Waals surface area contributed by atoms with Crippen molar-refractivity contribution < 1.29 is 9.53 Å². The molecule has 2 N–H and O–H groups in total. The number of carbonyl (C=O) groups is 1. The molecular weight excluding hydrogens is 296 g/mol. The molecule has 0 radical (unpaired) electrons. The number of methoxy groups -OCH3 is 1. The van der Waals surface area contributed by atoms with Crippen molar-refractivity contribution in [2.45, 2.75) is 35.2 Å². The maximum atomic E-state index is 11.9. The zero-order valence-electron chi connectivity index (χ0n) is 12.1. The molecule has 0 saturated heterocycles. The van der Waals surface area contributed by atoms with Gasteiger partial charge in [0, 0.05) is 12.3 Å². The van der Waals surface area contributed by atoms with Gasteiger partial charge in [-0.15, -0.1) is 0 Å². The van der Waals surface area contributed by atoms with E-state index in [1.165, 1.54) is 23.6 Å². The maximum Gasteiger partial charge on any atom is 0.339 e. The number of nitrogens with zero attached hydrogens (tertiary/aromatic N) is 2. The first-order valence-corrected chi connectivity index (χ1v) is 7.41. The summed E-state index contributed by atoms with van der Waals surface area (Å²) in [4.78, 5) is 38.2. The zero-order valence-corrected chi connectivity index (χ0v) is 13.0. The Hall–Kier alpha value is -1.61. The molecule has 9 heteroatoms. The van der Waals surface area contributed by atoms with Crippen LogP contribution < -0.4 is 16.4 Å². The van der Waals surface area contributed by atoms with Crippen LogP contribution in [0.15, 0.2) is 14.7 Å². The Morgan fingerprint density at radius 2 is 2.29 bits per heavy atom. The van der Waals surface area contributed by atoms with Crippen LogP contribution in [0.1, 0.15) is 19.3 Å². The van der Waals surface area contributed by atoms with Gasteiger partial charge in [-0.3, -0.25) is 24.2 Å². The summed E-state index contributed by atoms with van der Waals surface area (Å²) in [6.07, 6.45) is 2.02. The van der Waals surface area contributed by atoms with Crippen LogP contribution in [0.4, 0.5) is 0 Å². The fourth-order valence-corrected chi connectivity index (χ4v) is 3.77. The van der Waals surface area contributed by atoms with Gasteiger partial charge in [-0.05, 0) is 26.3 Å². The molecule has 21 heavy (non-hydrogen) atoms. The van der Waals surface area contributed by atoms with E-state index in [0.717, 1.165) is 6.42 Å². The largest absolute Gasteiger partial charge is 0.468 e. The summed E-state index contributed by atoms with van der Waals surface area (Å²) in [5.41, 5.74) is -2.23. The van der Waals surface area contributed by atoms with Crippen molar-refractivity contribution in [2.24, 2.45) is 7.05 Å². The third-order valence-electron chi connectivity index (χ3n) is 3.74. The van der Waals surface area contributed by atoms with E-state index in [2.05, 4.69) is 15.4 Å². The van der Waals surface area contributed by atoms with Gasteiger partial charge in [0.1, 0.15) is 5.54 Å². The van der Waals surface area contributed by atoms with Gasteiger partial charge in [0.2, 0.25) is 0 Å². The van der Waals surface area contributed by atoms with E-state index in [1.54, 1.807) is 14.1 Å². The number of hydrogen-bond acceptors (Lipinski definition) is 7. The van der Waals surface area contributed by atoms with Gasteiger partial charge in [0.25, 0.3) is 0 Å². The molecule has 1 aliphatic carbocycles. The minimum absolute atomic E-state index is 0.112. The van der Waals surface area contributed by atoms with Gasteiger partial charge >= 0.3 is 17.1 Å². The first-order valence-electron chi connectivity index (χ1n) is 6.53. The molecular formula is C12H18N4O4S. The van der Waals surface area contributed by atoms with Crippen LogP contribution in [0, 0.1) is 0 Å². The van der Waals surface area contributed by atoms with Crippen molar-refractivity contribution in [3.63, 3.8) is 0 Å². The van der Waals surface area contributed by atoms with Crippen LogP contribution in [0.25, 0.3) is 0 Å². The van der Waals surface area contributed by atoms with Crippen LogP contribution >= 0.6 is 11.8 Å². The van der Waals surface area contributed by atoms with Crippen molar-refractivity contribution in [3.8, 4) is 0 Å². The average molecular weight is 314 g/mol. The Kier molecular flexibility index (Phi) is 4.52. The molecule has 8 nitrogen and oxygen atoms in total. The summed E-state index contributed by atoms with van der Waals surface area (Å²) in [6.45, 7) is 0. The predicted octanol–water partition coefficient (Wildman–Crippen LogP) is -0.756. The molecule has 2 atom stereocenters. The Balaban J connectivity index is 2.16. The third kappa shape index (κ3) is 3.03. The number of aryl methyl sites for hydroxylation is 1. The number of thioether (sulfide) groups is 1. The maximum absolute atomic E-state index is 11.9. The van der Waals surface area contributed by atoms with E-state index in [9.17, 15) is 14.4 Å². The van der Waals surface area contributed by atoms with Gasteiger partial charge in [0.15, 0.2) is 5.16 Å². The van der Waals surface area contributed by atoms with Crippen LogP contribution in [-0.4, -0.2) is 45.7 Å². The van der Waals surface area contributed by atoms with Crippen molar-refractivity contribution in [3.05, 3.63) is 20.7 Å². The molecule has 1 saturated carbocycles. The Morgan fingerprint density at radius 3 is 2.90 bits per heavy atom. The molecule has 0 spiro atoms. The number of H-pyrrole nitrogens is 1. The number of aromatic amines is 1. The first kappa shape index (κ1) is 15.8. The Bertz CT molecular complexity index is 655. The molecule has 1 aromatic heterocycles. The minimum Gasteiger partial charge on any atom is -0.468 e. The smallest absolute Gasteiger partial charge is 0.339 e. The number of ether oxygens (including phenoxy) is 1. The molecule has 2 rings (SSSR count). The second-order valence-corrected chi connectivity index (χ2v) is 6.27. The second-order valence-electron chi connectivity index (χ2n) is 5.01. The molecule has 1 heterocycles. The van der Waals surface area contributed by atoms with Crippen molar-refractivity contribution in [1.29, 1.82) is 0 Å². The van der Waals surface area contributed by atoms with E-state index in [1.807, 2.05) is 0 Å². The molecule has 1 aromatic rings. The summed E-state index contributed by atoms with van der Waals surface area (Å²) in [5, 5.41) is 6.00. The highest BCUT2D eigenvalue weighted by Gasteiger charge is 2.45. The highest BCUT2D eigenvalue weighted by atomic mass is 32.2. The van der Waals surface area contributed by atoms with E-state index in [4.69, 9.17) is 4.74 Å². The predicted molar refractivity (Wildman–Crippen MR) is 77.4 cm³/mol. The fourth-order valence-electron chi connectivity index (χ4n) is 2.53. The molecule has 0 bridgehead atoms. The van der Waals surface area contributed by atoms with Crippen molar-refractivity contribution >= 4 is 17.7 Å². The molecule has 116 valence electrons. The standard InChI is InChI=1S/C12H18N4O4S/c1-13-12(10(19)20-3)5-4-7(6-12)21-11-14-8(17)9(18)15-16(11)2/h7,13H,4-6H2,1-3H3,(H,15,18). The average Bonchev–Trinajstić information content (AvgIpc) is 2.88. The normalized spacial score (nSPS) is 25.0.